The van der Waals surface area contributed by atoms with Gasteiger partial charge in [-0.25, -0.2) is 0 Å². The van der Waals surface area contributed by atoms with Crippen LogP contribution in [0, 0.1) is 0 Å². The SMILES string of the molecule is Clc1noc(C2CCCCS2)n1. The van der Waals surface area contributed by atoms with E-state index in [0.717, 1.165) is 6.42 Å². The molecule has 1 fully saturated rings. The van der Waals surface area contributed by atoms with E-state index >= 15 is 0 Å². The number of hydrogen-bond donors (Lipinski definition) is 0. The maximum absolute atomic E-state index is 5.55. The molecule has 1 unspecified atom stereocenters. The summed E-state index contributed by atoms with van der Waals surface area (Å²) in [6.07, 6.45) is 3.67. The van der Waals surface area contributed by atoms with Crippen LogP contribution in [0.2, 0.25) is 5.28 Å². The second-order valence-corrected chi connectivity index (χ2v) is 4.41. The molecular weight excluding hydrogens is 196 g/mol. The van der Waals surface area contributed by atoms with Gasteiger partial charge in [0.2, 0.25) is 5.89 Å². The van der Waals surface area contributed by atoms with Crippen molar-refractivity contribution in [2.75, 3.05) is 5.75 Å². The van der Waals surface area contributed by atoms with Gasteiger partial charge < -0.3 is 4.52 Å². The Morgan fingerprint density at radius 2 is 2.42 bits per heavy atom. The second kappa shape index (κ2) is 3.66. The molecule has 0 aromatic carbocycles. The number of thioether (sulfide) groups is 1. The third kappa shape index (κ3) is 1.75. The Kier molecular flexibility index (Phi) is 2.56. The van der Waals surface area contributed by atoms with E-state index in [2.05, 4.69) is 10.1 Å². The standard InChI is InChI=1S/C7H9ClN2OS/c8-7-9-6(11-10-7)5-3-1-2-4-12-5/h5H,1-4H2. The molecule has 0 N–H and O–H groups in total. The van der Waals surface area contributed by atoms with Gasteiger partial charge in [-0.2, -0.15) is 4.98 Å². The minimum Gasteiger partial charge on any atom is -0.337 e. The molecule has 1 atom stereocenters. The summed E-state index contributed by atoms with van der Waals surface area (Å²) in [5.41, 5.74) is 0. The molecule has 66 valence electrons. The second-order valence-electron chi connectivity index (χ2n) is 2.76. The number of aromatic nitrogens is 2. The molecule has 1 aromatic rings. The number of rotatable bonds is 1. The van der Waals surface area contributed by atoms with Crippen molar-refractivity contribution in [3.05, 3.63) is 11.2 Å². The van der Waals surface area contributed by atoms with E-state index in [-0.39, 0.29) is 5.28 Å². The summed E-state index contributed by atoms with van der Waals surface area (Å²) in [6, 6.07) is 0. The quantitative estimate of drug-likeness (QED) is 0.705. The van der Waals surface area contributed by atoms with Crippen LogP contribution in [-0.4, -0.2) is 15.9 Å². The molecule has 0 amide bonds. The lowest BCUT2D eigenvalue weighted by molar-refractivity contribution is 0.369. The van der Waals surface area contributed by atoms with Gasteiger partial charge >= 0.3 is 0 Å². The minimum absolute atomic E-state index is 0.219. The smallest absolute Gasteiger partial charge is 0.263 e. The summed E-state index contributed by atoms with van der Waals surface area (Å²) < 4.78 is 4.99. The van der Waals surface area contributed by atoms with Gasteiger partial charge in [0, 0.05) is 0 Å². The highest BCUT2D eigenvalue weighted by Gasteiger charge is 2.21. The van der Waals surface area contributed by atoms with Crippen LogP contribution in [0.25, 0.3) is 0 Å². The van der Waals surface area contributed by atoms with E-state index in [1.807, 2.05) is 11.8 Å². The van der Waals surface area contributed by atoms with Crippen molar-refractivity contribution in [1.82, 2.24) is 10.1 Å². The van der Waals surface area contributed by atoms with Crippen LogP contribution in [-0.2, 0) is 0 Å². The maximum atomic E-state index is 5.55. The molecule has 0 radical (unpaired) electrons. The highest BCUT2D eigenvalue weighted by atomic mass is 35.5. The first-order valence-electron chi connectivity index (χ1n) is 3.97. The lowest BCUT2D eigenvalue weighted by Gasteiger charge is -2.16. The molecule has 1 aliphatic rings. The van der Waals surface area contributed by atoms with Crippen molar-refractivity contribution >= 4 is 23.4 Å². The highest BCUT2D eigenvalue weighted by molar-refractivity contribution is 7.99. The fourth-order valence-electron chi connectivity index (χ4n) is 1.28. The molecule has 3 nitrogen and oxygen atoms in total. The molecule has 0 saturated carbocycles. The molecule has 0 spiro atoms. The number of halogens is 1. The molecular formula is C7H9ClN2OS. The maximum Gasteiger partial charge on any atom is 0.263 e. The van der Waals surface area contributed by atoms with Gasteiger partial charge in [-0.15, -0.1) is 11.8 Å². The fourth-order valence-corrected chi connectivity index (χ4v) is 2.63. The Hall–Kier alpha value is -0.220. The van der Waals surface area contributed by atoms with E-state index in [0.29, 0.717) is 11.1 Å². The van der Waals surface area contributed by atoms with E-state index in [9.17, 15) is 0 Å². The van der Waals surface area contributed by atoms with Crippen LogP contribution >= 0.6 is 23.4 Å². The Morgan fingerprint density at radius 3 is 3.00 bits per heavy atom. The Morgan fingerprint density at radius 1 is 1.50 bits per heavy atom. The summed E-state index contributed by atoms with van der Waals surface area (Å²) in [5.74, 6) is 1.87. The van der Waals surface area contributed by atoms with Gasteiger partial charge in [0.25, 0.3) is 5.28 Å². The Balaban J connectivity index is 2.08. The van der Waals surface area contributed by atoms with Crippen molar-refractivity contribution in [3.8, 4) is 0 Å². The minimum atomic E-state index is 0.219. The van der Waals surface area contributed by atoms with Crippen molar-refractivity contribution in [2.24, 2.45) is 0 Å². The molecule has 5 heteroatoms. The van der Waals surface area contributed by atoms with Gasteiger partial charge in [0.1, 0.15) is 0 Å². The average molecular weight is 205 g/mol. The fraction of sp³-hybridized carbons (Fsp3) is 0.714. The first-order chi connectivity index (χ1) is 5.86. The summed E-state index contributed by atoms with van der Waals surface area (Å²) in [7, 11) is 0. The zero-order chi connectivity index (χ0) is 8.39. The topological polar surface area (TPSA) is 38.9 Å². The van der Waals surface area contributed by atoms with E-state index < -0.39 is 0 Å². The van der Waals surface area contributed by atoms with Crippen molar-refractivity contribution in [3.63, 3.8) is 0 Å². The lowest BCUT2D eigenvalue weighted by atomic mass is 10.2. The van der Waals surface area contributed by atoms with Crippen LogP contribution in [0.3, 0.4) is 0 Å². The predicted molar refractivity (Wildman–Crippen MR) is 48.4 cm³/mol. The van der Waals surface area contributed by atoms with Gasteiger partial charge in [0.15, 0.2) is 0 Å². The third-order valence-electron chi connectivity index (χ3n) is 1.87. The normalized spacial score (nSPS) is 24.2. The van der Waals surface area contributed by atoms with Gasteiger partial charge in [-0.1, -0.05) is 6.42 Å². The first-order valence-corrected chi connectivity index (χ1v) is 5.39. The molecule has 0 bridgehead atoms. The monoisotopic (exact) mass is 204 g/mol. The first kappa shape index (κ1) is 8.38. The van der Waals surface area contributed by atoms with Crippen molar-refractivity contribution < 1.29 is 4.52 Å². The van der Waals surface area contributed by atoms with Gasteiger partial charge in [-0.05, 0) is 35.4 Å². The molecule has 2 heterocycles. The highest BCUT2D eigenvalue weighted by Crippen LogP contribution is 2.37. The van der Waals surface area contributed by atoms with Crippen LogP contribution in [0.1, 0.15) is 30.4 Å². The molecule has 0 aliphatic carbocycles. The van der Waals surface area contributed by atoms with Crippen molar-refractivity contribution in [1.29, 1.82) is 0 Å². The van der Waals surface area contributed by atoms with E-state index in [1.54, 1.807) is 0 Å². The molecule has 1 saturated heterocycles. The van der Waals surface area contributed by atoms with Crippen LogP contribution in [0.4, 0.5) is 0 Å². The number of nitrogens with zero attached hydrogens (tertiary/aromatic N) is 2. The summed E-state index contributed by atoms with van der Waals surface area (Å²) in [4.78, 5) is 4.00. The summed E-state index contributed by atoms with van der Waals surface area (Å²) >= 11 is 7.43. The number of hydrogen-bond acceptors (Lipinski definition) is 4. The molecule has 12 heavy (non-hydrogen) atoms. The van der Waals surface area contributed by atoms with Crippen LogP contribution in [0.15, 0.2) is 4.52 Å². The predicted octanol–water partition coefficient (Wildman–Crippen LogP) is 2.68. The van der Waals surface area contributed by atoms with E-state index in [1.165, 1.54) is 18.6 Å². The third-order valence-corrected chi connectivity index (χ3v) is 3.39. The largest absolute Gasteiger partial charge is 0.337 e. The van der Waals surface area contributed by atoms with Crippen LogP contribution in [0.5, 0.6) is 0 Å². The average Bonchev–Trinajstić information content (AvgIpc) is 2.54. The lowest BCUT2D eigenvalue weighted by Crippen LogP contribution is -2.01. The Labute approximate surface area is 79.9 Å². The summed E-state index contributed by atoms with van der Waals surface area (Å²) in [6.45, 7) is 0. The zero-order valence-corrected chi connectivity index (χ0v) is 8.07. The van der Waals surface area contributed by atoms with E-state index in [4.69, 9.17) is 16.1 Å². The molecule has 1 aromatic heterocycles. The molecule has 2 rings (SSSR count). The Bertz CT molecular complexity index is 260. The summed E-state index contributed by atoms with van der Waals surface area (Å²) in [5, 5.41) is 4.15. The van der Waals surface area contributed by atoms with Gasteiger partial charge in [0.05, 0.1) is 5.25 Å². The van der Waals surface area contributed by atoms with Gasteiger partial charge in [-0.3, -0.25) is 0 Å². The molecule has 1 aliphatic heterocycles. The zero-order valence-electron chi connectivity index (χ0n) is 6.49. The van der Waals surface area contributed by atoms with Crippen molar-refractivity contribution in [2.45, 2.75) is 24.5 Å². The van der Waals surface area contributed by atoms with Crippen LogP contribution < -0.4 is 0 Å².